The third kappa shape index (κ3) is 3.35. The Morgan fingerprint density at radius 3 is 3.05 bits per heavy atom. The molecule has 0 spiro atoms. The fourth-order valence-corrected chi connectivity index (χ4v) is 1.86. The number of carbonyl (C=O) groups excluding carboxylic acids is 2. The van der Waals surface area contributed by atoms with Crippen molar-refractivity contribution in [2.45, 2.75) is 12.8 Å². The fraction of sp³-hybridized carbons (Fsp3) is 0.417. The minimum Gasteiger partial charge on any atom is -0.465 e. The molecular weight excluding hydrogens is 272 g/mol. The normalized spacial score (nSPS) is 18.2. The number of nitrogens with two attached hydrogens (primary N) is 1. The molecule has 0 aromatic carbocycles. The molecule has 1 aliphatic heterocycles. The summed E-state index contributed by atoms with van der Waals surface area (Å²) in [5.41, 5.74) is 5.99. The lowest BCUT2D eigenvalue weighted by atomic mass is 10.1. The van der Waals surface area contributed by atoms with Gasteiger partial charge in [-0.2, -0.15) is 0 Å². The number of carbonyl (C=O) groups is 2. The molecule has 0 unspecified atom stereocenters. The van der Waals surface area contributed by atoms with Crippen molar-refractivity contribution in [1.82, 2.24) is 4.98 Å². The largest absolute Gasteiger partial charge is 0.465 e. The van der Waals surface area contributed by atoms with Gasteiger partial charge in [-0.05, 0) is 18.9 Å². The number of hydrogen-bond acceptors (Lipinski definition) is 6. The lowest BCUT2D eigenvalue weighted by Gasteiger charge is -2.07. The van der Waals surface area contributed by atoms with Crippen molar-refractivity contribution in [3.63, 3.8) is 0 Å². The third-order valence-electron chi connectivity index (χ3n) is 2.85. The molecule has 0 amide bonds. The monoisotopic (exact) mass is 284 g/mol. The van der Waals surface area contributed by atoms with Crippen LogP contribution in [-0.2, 0) is 14.3 Å². The van der Waals surface area contributed by atoms with Gasteiger partial charge >= 0.3 is 11.9 Å². The second-order valence-electron chi connectivity index (χ2n) is 4.18. The average Bonchev–Trinajstić information content (AvgIpc) is 2.78. The van der Waals surface area contributed by atoms with E-state index in [0.29, 0.717) is 19.4 Å². The van der Waals surface area contributed by atoms with Crippen LogP contribution in [0, 0.1) is 5.92 Å². The lowest BCUT2D eigenvalue weighted by Crippen LogP contribution is -2.14. The molecule has 1 atom stereocenters. The number of cyclic esters (lactones) is 1. The minimum atomic E-state index is -0.540. The Hall–Kier alpha value is -1.82. The molecule has 0 aliphatic carbocycles. The predicted octanol–water partition coefficient (Wildman–Crippen LogP) is 1.43. The number of pyridine rings is 1. The minimum absolute atomic E-state index is 0.144. The van der Waals surface area contributed by atoms with E-state index in [1.807, 2.05) is 0 Å². The molecule has 102 valence electrons. The number of aromatic nitrogens is 1. The van der Waals surface area contributed by atoms with Gasteiger partial charge in [0.25, 0.3) is 0 Å². The number of nitrogens with zero attached hydrogens (tertiary/aromatic N) is 1. The van der Waals surface area contributed by atoms with Crippen molar-refractivity contribution < 1.29 is 19.1 Å². The van der Waals surface area contributed by atoms with Crippen LogP contribution in [0.3, 0.4) is 0 Å². The number of esters is 2. The van der Waals surface area contributed by atoms with Gasteiger partial charge in [-0.3, -0.25) is 4.79 Å². The maximum atomic E-state index is 11.7. The quantitative estimate of drug-likeness (QED) is 0.664. The first-order valence-corrected chi connectivity index (χ1v) is 6.20. The van der Waals surface area contributed by atoms with Crippen molar-refractivity contribution in [1.29, 1.82) is 0 Å². The molecular formula is C12H13ClN2O4. The third-order valence-corrected chi connectivity index (χ3v) is 3.16. The van der Waals surface area contributed by atoms with Crippen LogP contribution >= 0.6 is 11.6 Å². The van der Waals surface area contributed by atoms with Crippen LogP contribution in [0.1, 0.15) is 23.2 Å². The van der Waals surface area contributed by atoms with Gasteiger partial charge in [0.2, 0.25) is 0 Å². The topological polar surface area (TPSA) is 91.5 Å². The van der Waals surface area contributed by atoms with Crippen LogP contribution in [0.5, 0.6) is 0 Å². The van der Waals surface area contributed by atoms with E-state index in [1.165, 1.54) is 12.3 Å². The molecule has 0 radical (unpaired) electrons. The number of ether oxygens (including phenoxy) is 2. The van der Waals surface area contributed by atoms with Crippen LogP contribution in [0.25, 0.3) is 0 Å². The Balaban J connectivity index is 1.84. The molecule has 0 saturated carbocycles. The van der Waals surface area contributed by atoms with E-state index in [2.05, 4.69) is 4.98 Å². The summed E-state index contributed by atoms with van der Waals surface area (Å²) in [6.45, 7) is 0.593. The molecule has 1 aromatic heterocycles. The molecule has 1 aliphatic rings. The van der Waals surface area contributed by atoms with E-state index in [0.717, 1.165) is 0 Å². The van der Waals surface area contributed by atoms with Gasteiger partial charge < -0.3 is 15.2 Å². The number of nitrogen functional groups attached to an aromatic ring is 1. The first kappa shape index (κ1) is 13.6. The smallest absolute Gasteiger partial charge is 0.339 e. The highest BCUT2D eigenvalue weighted by atomic mass is 35.5. The second-order valence-corrected chi connectivity index (χ2v) is 4.54. The van der Waals surface area contributed by atoms with E-state index in [9.17, 15) is 9.59 Å². The number of hydrogen-bond donors (Lipinski definition) is 1. The Labute approximate surface area is 114 Å². The Kier molecular flexibility index (Phi) is 4.21. The highest BCUT2D eigenvalue weighted by Crippen LogP contribution is 2.19. The number of anilines is 1. The molecule has 19 heavy (non-hydrogen) atoms. The van der Waals surface area contributed by atoms with Gasteiger partial charge in [-0.15, -0.1) is 0 Å². The van der Waals surface area contributed by atoms with Crippen LogP contribution in [0.4, 0.5) is 5.69 Å². The number of halogens is 1. The molecule has 0 bridgehead atoms. The van der Waals surface area contributed by atoms with E-state index in [-0.39, 0.29) is 34.9 Å². The number of rotatable bonds is 4. The zero-order valence-electron chi connectivity index (χ0n) is 10.1. The Morgan fingerprint density at radius 1 is 1.63 bits per heavy atom. The zero-order chi connectivity index (χ0) is 13.8. The van der Waals surface area contributed by atoms with Gasteiger partial charge in [-0.1, -0.05) is 11.6 Å². The van der Waals surface area contributed by atoms with Crippen molar-refractivity contribution in [2.24, 2.45) is 5.92 Å². The van der Waals surface area contributed by atoms with Crippen molar-refractivity contribution in [2.75, 3.05) is 18.9 Å². The first-order valence-electron chi connectivity index (χ1n) is 5.82. The van der Waals surface area contributed by atoms with Crippen LogP contribution < -0.4 is 5.73 Å². The molecule has 1 fully saturated rings. The summed E-state index contributed by atoms with van der Waals surface area (Å²) < 4.78 is 9.86. The van der Waals surface area contributed by atoms with Gasteiger partial charge in [0.1, 0.15) is 0 Å². The van der Waals surface area contributed by atoms with E-state index in [4.69, 9.17) is 26.8 Å². The van der Waals surface area contributed by atoms with E-state index < -0.39 is 5.97 Å². The van der Waals surface area contributed by atoms with Gasteiger partial charge in [0.15, 0.2) is 5.15 Å². The predicted molar refractivity (Wildman–Crippen MR) is 67.6 cm³/mol. The molecule has 2 N–H and O–H groups in total. The Bertz CT molecular complexity index is 507. The summed E-state index contributed by atoms with van der Waals surface area (Å²) in [5.74, 6) is -0.947. The molecule has 1 aromatic rings. The van der Waals surface area contributed by atoms with E-state index >= 15 is 0 Å². The molecule has 6 nitrogen and oxygen atoms in total. The molecule has 2 rings (SSSR count). The standard InChI is InChI=1S/C12H13ClN2O4/c13-10-9(14)5-8(6-15-10)12(17)19-4-2-7-1-3-18-11(7)16/h5-7H,1-4,14H2/t7-/m0/s1. The van der Waals surface area contributed by atoms with Gasteiger partial charge in [-0.25, -0.2) is 9.78 Å². The van der Waals surface area contributed by atoms with E-state index in [1.54, 1.807) is 0 Å². The summed E-state index contributed by atoms with van der Waals surface area (Å²) in [6, 6.07) is 1.40. The molecule has 2 heterocycles. The highest BCUT2D eigenvalue weighted by molar-refractivity contribution is 6.31. The Morgan fingerprint density at radius 2 is 2.42 bits per heavy atom. The average molecular weight is 285 g/mol. The van der Waals surface area contributed by atoms with Crippen LogP contribution in [-0.4, -0.2) is 30.1 Å². The SMILES string of the molecule is Nc1cc(C(=O)OCC[C@@H]2CCOC2=O)cnc1Cl. The highest BCUT2D eigenvalue weighted by Gasteiger charge is 2.26. The van der Waals surface area contributed by atoms with Crippen LogP contribution in [0.15, 0.2) is 12.3 Å². The summed E-state index contributed by atoms with van der Waals surface area (Å²) in [7, 11) is 0. The van der Waals surface area contributed by atoms with Crippen LogP contribution in [0.2, 0.25) is 5.15 Å². The lowest BCUT2D eigenvalue weighted by molar-refractivity contribution is -0.141. The maximum Gasteiger partial charge on any atom is 0.339 e. The van der Waals surface area contributed by atoms with Gasteiger partial charge in [0, 0.05) is 6.20 Å². The summed E-state index contributed by atoms with van der Waals surface area (Å²) in [5, 5.41) is 0.144. The second kappa shape index (κ2) is 5.88. The maximum absolute atomic E-state index is 11.7. The fourth-order valence-electron chi connectivity index (χ4n) is 1.75. The first-order chi connectivity index (χ1) is 9.08. The summed E-state index contributed by atoms with van der Waals surface area (Å²) >= 11 is 5.65. The summed E-state index contributed by atoms with van der Waals surface area (Å²) in [4.78, 5) is 26.6. The summed E-state index contributed by atoms with van der Waals surface area (Å²) in [6.07, 6.45) is 2.43. The zero-order valence-corrected chi connectivity index (χ0v) is 10.9. The molecule has 7 heteroatoms. The van der Waals surface area contributed by atoms with Crippen molar-refractivity contribution in [3.05, 3.63) is 23.0 Å². The van der Waals surface area contributed by atoms with Crippen molar-refractivity contribution in [3.8, 4) is 0 Å². The van der Waals surface area contributed by atoms with Crippen molar-refractivity contribution >= 4 is 29.2 Å². The molecule has 1 saturated heterocycles. The van der Waals surface area contributed by atoms with Gasteiger partial charge in [0.05, 0.1) is 30.4 Å².